The second kappa shape index (κ2) is 11.2. The van der Waals surface area contributed by atoms with E-state index in [2.05, 4.69) is 30.1 Å². The number of anilines is 2. The van der Waals surface area contributed by atoms with Crippen LogP contribution in [0.1, 0.15) is 52.4 Å². The Kier molecular flexibility index (Phi) is 10.1. The number of rotatable bonds is 5. The smallest absolute Gasteiger partial charge is 0.225 e. The minimum absolute atomic E-state index is 0. The lowest BCUT2D eigenvalue weighted by Crippen LogP contribution is -2.45. The number of halogens is 2. The number of nitrogens with one attached hydrogen (secondary N) is 1. The van der Waals surface area contributed by atoms with E-state index >= 15 is 0 Å². The Hall–Kier alpha value is -1.01. The first-order chi connectivity index (χ1) is 12.5. The highest BCUT2D eigenvalue weighted by Gasteiger charge is 2.33. The standard InChI is InChI=1S/C21H33N3O2.2ClH/c1-16-13-24(14-17(2)26-16)19-9-5-4-8-18(19)23-20(25)12-21(15-22)10-6-3-7-11-21;;/h4-5,8-9,16-17H,3,6-7,10-15,22H2,1-2H3,(H,23,25);2*1H. The highest BCUT2D eigenvalue weighted by Crippen LogP contribution is 2.39. The summed E-state index contributed by atoms with van der Waals surface area (Å²) in [4.78, 5) is 15.1. The van der Waals surface area contributed by atoms with Crippen LogP contribution < -0.4 is 16.0 Å². The monoisotopic (exact) mass is 431 g/mol. The zero-order chi connectivity index (χ0) is 18.6. The highest BCUT2D eigenvalue weighted by molar-refractivity contribution is 5.94. The molecular formula is C21H35Cl2N3O2. The second-order valence-electron chi connectivity index (χ2n) is 8.17. The van der Waals surface area contributed by atoms with E-state index in [0.717, 1.165) is 37.3 Å². The molecule has 0 aromatic heterocycles. The molecule has 1 aromatic rings. The molecule has 2 atom stereocenters. The average Bonchev–Trinajstić information content (AvgIpc) is 2.62. The summed E-state index contributed by atoms with van der Waals surface area (Å²) in [5.74, 6) is 0.0826. The number of benzene rings is 1. The summed E-state index contributed by atoms with van der Waals surface area (Å²) in [6, 6.07) is 8.08. The largest absolute Gasteiger partial charge is 0.372 e. The van der Waals surface area contributed by atoms with Gasteiger partial charge in [0.05, 0.1) is 23.6 Å². The highest BCUT2D eigenvalue weighted by atomic mass is 35.5. The van der Waals surface area contributed by atoms with Crippen molar-refractivity contribution in [3.05, 3.63) is 24.3 Å². The molecule has 2 unspecified atom stereocenters. The third kappa shape index (κ3) is 6.24. The summed E-state index contributed by atoms with van der Waals surface area (Å²) in [6.07, 6.45) is 6.66. The van der Waals surface area contributed by atoms with Crippen LogP contribution in [0.5, 0.6) is 0 Å². The van der Waals surface area contributed by atoms with Crippen LogP contribution in [0.2, 0.25) is 0 Å². The first-order valence-corrected chi connectivity index (χ1v) is 10.0. The third-order valence-corrected chi connectivity index (χ3v) is 5.82. The van der Waals surface area contributed by atoms with Crippen molar-refractivity contribution in [2.45, 2.75) is 64.6 Å². The molecule has 7 heteroatoms. The van der Waals surface area contributed by atoms with E-state index in [0.29, 0.717) is 13.0 Å². The Morgan fingerprint density at radius 1 is 1.14 bits per heavy atom. The van der Waals surface area contributed by atoms with E-state index in [1.807, 2.05) is 18.2 Å². The molecule has 160 valence electrons. The predicted molar refractivity (Wildman–Crippen MR) is 121 cm³/mol. The van der Waals surface area contributed by atoms with E-state index in [1.165, 1.54) is 19.3 Å². The van der Waals surface area contributed by atoms with Crippen LogP contribution in [0.4, 0.5) is 11.4 Å². The molecule has 0 spiro atoms. The van der Waals surface area contributed by atoms with Crippen LogP contribution in [-0.2, 0) is 9.53 Å². The first-order valence-electron chi connectivity index (χ1n) is 10.0. The van der Waals surface area contributed by atoms with Gasteiger partial charge < -0.3 is 20.7 Å². The molecule has 5 nitrogen and oxygen atoms in total. The molecule has 1 saturated carbocycles. The summed E-state index contributed by atoms with van der Waals surface area (Å²) in [6.45, 7) is 6.46. The van der Waals surface area contributed by atoms with E-state index < -0.39 is 0 Å². The van der Waals surface area contributed by atoms with Gasteiger partial charge in [-0.3, -0.25) is 4.79 Å². The molecule has 1 aliphatic heterocycles. The van der Waals surface area contributed by atoms with Gasteiger partial charge in [0.2, 0.25) is 5.91 Å². The summed E-state index contributed by atoms with van der Waals surface area (Å²) >= 11 is 0. The minimum atomic E-state index is -0.0146. The Labute approximate surface area is 181 Å². The van der Waals surface area contributed by atoms with Gasteiger partial charge in [-0.25, -0.2) is 0 Å². The number of hydrogen-bond acceptors (Lipinski definition) is 4. The van der Waals surface area contributed by atoms with Crippen molar-refractivity contribution >= 4 is 42.1 Å². The number of nitrogens with two attached hydrogens (primary N) is 1. The summed E-state index contributed by atoms with van der Waals surface area (Å²) < 4.78 is 5.84. The normalized spacial score (nSPS) is 23.9. The molecule has 1 saturated heterocycles. The van der Waals surface area contributed by atoms with Crippen molar-refractivity contribution in [3.8, 4) is 0 Å². The van der Waals surface area contributed by atoms with Crippen LogP contribution >= 0.6 is 24.8 Å². The number of carbonyl (C=O) groups is 1. The number of ether oxygens (including phenoxy) is 1. The summed E-state index contributed by atoms with van der Waals surface area (Å²) in [7, 11) is 0. The Balaban J connectivity index is 0.00000196. The Morgan fingerprint density at radius 3 is 2.36 bits per heavy atom. The van der Waals surface area contributed by atoms with E-state index in [9.17, 15) is 4.79 Å². The fourth-order valence-corrected chi connectivity index (χ4v) is 4.52. The molecular weight excluding hydrogens is 397 g/mol. The van der Waals surface area contributed by atoms with Crippen LogP contribution in [0.3, 0.4) is 0 Å². The maximum Gasteiger partial charge on any atom is 0.225 e. The average molecular weight is 432 g/mol. The van der Waals surface area contributed by atoms with Gasteiger partial charge in [-0.1, -0.05) is 31.4 Å². The summed E-state index contributed by atoms with van der Waals surface area (Å²) in [5, 5.41) is 3.17. The Bertz CT molecular complexity index is 613. The molecule has 0 radical (unpaired) electrons. The van der Waals surface area contributed by atoms with Crippen LogP contribution in [-0.4, -0.2) is 37.7 Å². The van der Waals surface area contributed by atoms with Crippen molar-refractivity contribution in [2.75, 3.05) is 29.9 Å². The zero-order valence-electron chi connectivity index (χ0n) is 17.0. The number of nitrogens with zero attached hydrogens (tertiary/aromatic N) is 1. The van der Waals surface area contributed by atoms with E-state index in [1.54, 1.807) is 0 Å². The fourth-order valence-electron chi connectivity index (χ4n) is 4.52. The maximum absolute atomic E-state index is 12.8. The van der Waals surface area contributed by atoms with E-state index in [-0.39, 0.29) is 48.3 Å². The number of para-hydroxylation sites is 2. The molecule has 3 rings (SSSR count). The van der Waals surface area contributed by atoms with Gasteiger partial charge in [-0.15, -0.1) is 24.8 Å². The molecule has 28 heavy (non-hydrogen) atoms. The molecule has 1 aliphatic carbocycles. The number of amides is 1. The van der Waals surface area contributed by atoms with Crippen molar-refractivity contribution < 1.29 is 9.53 Å². The topological polar surface area (TPSA) is 67.6 Å². The SMILES string of the molecule is CC1CN(c2ccccc2NC(=O)CC2(CN)CCCCC2)CC(C)O1.Cl.Cl. The lowest BCUT2D eigenvalue weighted by molar-refractivity contribution is -0.118. The lowest BCUT2D eigenvalue weighted by atomic mass is 9.71. The second-order valence-corrected chi connectivity index (χ2v) is 8.17. The number of morpholine rings is 1. The number of carbonyl (C=O) groups excluding carboxylic acids is 1. The van der Waals surface area contributed by atoms with Gasteiger partial charge >= 0.3 is 0 Å². The molecule has 2 fully saturated rings. The van der Waals surface area contributed by atoms with Gasteiger partial charge in [0.15, 0.2) is 0 Å². The molecule has 1 aromatic carbocycles. The lowest BCUT2D eigenvalue weighted by Gasteiger charge is -2.38. The molecule has 2 aliphatic rings. The minimum Gasteiger partial charge on any atom is -0.372 e. The third-order valence-electron chi connectivity index (χ3n) is 5.82. The van der Waals surface area contributed by atoms with E-state index in [4.69, 9.17) is 10.5 Å². The van der Waals surface area contributed by atoms with Crippen LogP contribution in [0.25, 0.3) is 0 Å². The van der Waals surface area contributed by atoms with Gasteiger partial charge in [0.25, 0.3) is 0 Å². The zero-order valence-corrected chi connectivity index (χ0v) is 18.6. The van der Waals surface area contributed by atoms with Crippen molar-refractivity contribution in [1.82, 2.24) is 0 Å². The van der Waals surface area contributed by atoms with Crippen molar-refractivity contribution in [3.63, 3.8) is 0 Å². The predicted octanol–water partition coefficient (Wildman–Crippen LogP) is 4.38. The van der Waals surface area contributed by atoms with Gasteiger partial charge in [-0.2, -0.15) is 0 Å². The molecule has 3 N–H and O–H groups in total. The number of hydrogen-bond donors (Lipinski definition) is 2. The molecule has 0 bridgehead atoms. The summed E-state index contributed by atoms with van der Waals surface area (Å²) in [5.41, 5.74) is 8.01. The Morgan fingerprint density at radius 2 is 1.75 bits per heavy atom. The molecule has 1 heterocycles. The van der Waals surface area contributed by atoms with Crippen LogP contribution in [0, 0.1) is 5.41 Å². The van der Waals surface area contributed by atoms with Gasteiger partial charge in [0, 0.05) is 19.5 Å². The van der Waals surface area contributed by atoms with Crippen LogP contribution in [0.15, 0.2) is 24.3 Å². The van der Waals surface area contributed by atoms with Crippen molar-refractivity contribution in [2.24, 2.45) is 11.1 Å². The van der Waals surface area contributed by atoms with Gasteiger partial charge in [0.1, 0.15) is 0 Å². The fraction of sp³-hybridized carbons (Fsp3) is 0.667. The van der Waals surface area contributed by atoms with Gasteiger partial charge in [-0.05, 0) is 50.8 Å². The molecule has 1 amide bonds. The first kappa shape index (κ1) is 25.0. The van der Waals surface area contributed by atoms with Crippen molar-refractivity contribution in [1.29, 1.82) is 0 Å². The maximum atomic E-state index is 12.8. The quantitative estimate of drug-likeness (QED) is 0.725.